The van der Waals surface area contributed by atoms with Gasteiger partial charge in [-0.1, -0.05) is 111 Å². The molecular weight excluding hydrogens is 765 g/mol. The largest absolute Gasteiger partial charge is 0.451 e. The molecule has 11 nitrogen and oxygen atoms in total. The minimum absolute atomic E-state index is 0.0726. The van der Waals surface area contributed by atoms with E-state index in [9.17, 15) is 45.0 Å². The Morgan fingerprint density at radius 2 is 1.23 bits per heavy atom. The van der Waals surface area contributed by atoms with Crippen molar-refractivity contribution in [2.24, 2.45) is 10.8 Å². The van der Waals surface area contributed by atoms with E-state index in [1.807, 2.05) is 38.2 Å². The maximum Gasteiger partial charge on any atom is 0.350 e. The first-order chi connectivity index (χ1) is 28.0. The predicted molar refractivity (Wildman–Crippen MR) is 233 cm³/mol. The molecule has 330 valence electrons. The van der Waals surface area contributed by atoms with Crippen molar-refractivity contribution in [3.8, 4) is 0 Å². The van der Waals surface area contributed by atoms with Gasteiger partial charge in [0.25, 0.3) is 5.60 Å². The number of allylic oxidation sites excluding steroid dienone is 18. The van der Waals surface area contributed by atoms with Crippen LogP contribution in [0.1, 0.15) is 108 Å². The van der Waals surface area contributed by atoms with Gasteiger partial charge in [0, 0.05) is 0 Å². The molecule has 6 N–H and O–H groups in total. The Morgan fingerprint density at radius 3 is 1.68 bits per heavy atom. The Morgan fingerprint density at radius 1 is 0.767 bits per heavy atom. The van der Waals surface area contributed by atoms with Crippen LogP contribution in [0, 0.1) is 10.8 Å². The van der Waals surface area contributed by atoms with Crippen LogP contribution in [-0.4, -0.2) is 97.2 Å². The third-order valence-electron chi connectivity index (χ3n) is 11.7. The number of aliphatic hydroxyl groups is 6. The third kappa shape index (κ3) is 13.0. The van der Waals surface area contributed by atoms with E-state index in [1.54, 1.807) is 25.2 Å². The average molecular weight is 833 g/mol. The molecule has 7 atom stereocenters. The minimum Gasteiger partial charge on any atom is -0.451 e. The number of carbonyl (C=O) groups excluding carboxylic acids is 3. The van der Waals surface area contributed by atoms with Crippen molar-refractivity contribution in [2.75, 3.05) is 6.61 Å². The third-order valence-corrected chi connectivity index (χ3v) is 11.7. The normalized spacial score (nSPS) is 27.6. The SMILES string of the molecule is CC1=C(/C=C/C(C)=C/C=C/C(C)=C/C(=O)C(O)C(O)(C(=O)/C=C(C)/C=C/C=C(C)/C=C/C2=C(C)CCCC2(C)C)C(=O)O[C@H]2C(O)O[C@H](CO)[C@@H](O)[C@@H]2O)C(C)(C)CCC1. The maximum atomic E-state index is 13.8. The van der Waals surface area contributed by atoms with Crippen molar-refractivity contribution < 1.29 is 54.5 Å². The molecule has 1 heterocycles. The number of hydrogen-bond acceptors (Lipinski definition) is 11. The zero-order valence-corrected chi connectivity index (χ0v) is 37.1. The van der Waals surface area contributed by atoms with Crippen molar-refractivity contribution in [3.05, 3.63) is 117 Å². The van der Waals surface area contributed by atoms with Gasteiger partial charge in [-0.15, -0.1) is 0 Å². The number of ketones is 2. The molecule has 0 amide bonds. The summed E-state index contributed by atoms with van der Waals surface area (Å²) in [7, 11) is 0. The summed E-state index contributed by atoms with van der Waals surface area (Å²) in [6, 6.07) is 0. The lowest BCUT2D eigenvalue weighted by atomic mass is 9.72. The van der Waals surface area contributed by atoms with Crippen LogP contribution >= 0.6 is 0 Å². The summed E-state index contributed by atoms with van der Waals surface area (Å²) in [5, 5.41) is 63.7. The lowest BCUT2D eigenvalue weighted by Gasteiger charge is -2.40. The molecule has 60 heavy (non-hydrogen) atoms. The number of hydrogen-bond donors (Lipinski definition) is 6. The van der Waals surface area contributed by atoms with Crippen LogP contribution in [0.25, 0.3) is 0 Å². The molecule has 0 aromatic heterocycles. The first kappa shape index (κ1) is 50.3. The lowest BCUT2D eigenvalue weighted by molar-refractivity contribution is -0.294. The highest BCUT2D eigenvalue weighted by Crippen LogP contribution is 2.42. The summed E-state index contributed by atoms with van der Waals surface area (Å²) in [6.07, 6.45) is 14.7. The number of carbonyl (C=O) groups is 3. The molecule has 0 radical (unpaired) electrons. The van der Waals surface area contributed by atoms with E-state index in [1.165, 1.54) is 41.7 Å². The molecular formula is C49H68O11. The number of esters is 1. The van der Waals surface area contributed by atoms with Gasteiger partial charge in [0.1, 0.15) is 18.3 Å². The van der Waals surface area contributed by atoms with Crippen LogP contribution in [0.2, 0.25) is 0 Å². The molecule has 11 heteroatoms. The van der Waals surface area contributed by atoms with Crippen LogP contribution in [0.5, 0.6) is 0 Å². The smallest absolute Gasteiger partial charge is 0.350 e. The van der Waals surface area contributed by atoms with Crippen LogP contribution in [0.3, 0.4) is 0 Å². The van der Waals surface area contributed by atoms with Crippen LogP contribution in [0.4, 0.5) is 0 Å². The highest BCUT2D eigenvalue weighted by Gasteiger charge is 2.56. The zero-order chi connectivity index (χ0) is 45.2. The standard InChI is InChI=1S/C49H68O11/c1-30(21-23-36-34(5)19-13-25-47(36,7)8)15-11-17-32(3)27-38(51)44(55)49(58,46(57)60-43-42(54)41(53)39(29-50)59-45(43)56)40(52)28-33(4)18-12-16-31(2)22-24-37-35(6)20-14-26-48(37,9)10/h11-12,15-18,21-24,27-28,39,41-45,50,53-56,58H,13-14,19-20,25-26,29H2,1-10H3/b17-11+,18-12+,23-21+,24-22+,30-15+,31-16+,32-27+,33-28+/t39-,41-,42+,43-,44?,45?,49?/m1/s1. The van der Waals surface area contributed by atoms with Crippen LogP contribution in [-0.2, 0) is 23.9 Å². The predicted octanol–water partition coefficient (Wildman–Crippen LogP) is 6.62. The first-order valence-corrected chi connectivity index (χ1v) is 20.8. The first-order valence-electron chi connectivity index (χ1n) is 20.8. The molecule has 1 fully saturated rings. The fraction of sp³-hybridized carbons (Fsp3) is 0.531. The Hall–Kier alpha value is -4.07. The van der Waals surface area contributed by atoms with E-state index in [2.05, 4.69) is 53.7 Å². The summed E-state index contributed by atoms with van der Waals surface area (Å²) in [6.45, 7) is 19.4. The average Bonchev–Trinajstić information content (AvgIpc) is 3.16. The second-order valence-electron chi connectivity index (χ2n) is 17.9. The number of rotatable bonds is 16. The summed E-state index contributed by atoms with van der Waals surface area (Å²) in [4.78, 5) is 40.9. The molecule has 1 saturated heterocycles. The molecule has 0 saturated carbocycles. The van der Waals surface area contributed by atoms with Crippen LogP contribution < -0.4 is 0 Å². The molecule has 1 aliphatic heterocycles. The van der Waals surface area contributed by atoms with E-state index in [0.717, 1.165) is 55.4 Å². The van der Waals surface area contributed by atoms with E-state index in [-0.39, 0.29) is 16.4 Å². The molecule has 2 aliphatic carbocycles. The molecule has 0 aromatic carbocycles. The van der Waals surface area contributed by atoms with Crippen molar-refractivity contribution in [2.45, 2.75) is 150 Å². The van der Waals surface area contributed by atoms with Crippen LogP contribution in [0.15, 0.2) is 117 Å². The summed E-state index contributed by atoms with van der Waals surface area (Å²) < 4.78 is 10.1. The topological polar surface area (TPSA) is 191 Å². The van der Waals surface area contributed by atoms with Gasteiger partial charge in [-0.05, 0) is 125 Å². The summed E-state index contributed by atoms with van der Waals surface area (Å²) in [5.41, 5.74) is 4.35. The molecule has 3 rings (SSSR count). The van der Waals surface area contributed by atoms with Gasteiger partial charge in [0.05, 0.1) is 6.61 Å². The Kier molecular flexibility index (Phi) is 18.1. The molecule has 0 bridgehead atoms. The van der Waals surface area contributed by atoms with Gasteiger partial charge in [0.15, 0.2) is 24.3 Å². The lowest BCUT2D eigenvalue weighted by Crippen LogP contribution is -2.64. The van der Waals surface area contributed by atoms with E-state index < -0.39 is 66.6 Å². The summed E-state index contributed by atoms with van der Waals surface area (Å²) in [5.74, 6) is -4.53. The van der Waals surface area contributed by atoms with Gasteiger partial charge >= 0.3 is 5.97 Å². The highest BCUT2D eigenvalue weighted by molar-refractivity contribution is 6.17. The monoisotopic (exact) mass is 832 g/mol. The van der Waals surface area contributed by atoms with Gasteiger partial charge in [-0.3, -0.25) is 9.59 Å². The van der Waals surface area contributed by atoms with Crippen molar-refractivity contribution in [1.82, 2.24) is 0 Å². The Balaban J connectivity index is 1.88. The van der Waals surface area contributed by atoms with Gasteiger partial charge in [-0.2, -0.15) is 0 Å². The summed E-state index contributed by atoms with van der Waals surface area (Å²) >= 11 is 0. The number of ether oxygens (including phenoxy) is 2. The van der Waals surface area contributed by atoms with Crippen molar-refractivity contribution in [1.29, 1.82) is 0 Å². The van der Waals surface area contributed by atoms with Gasteiger partial charge in [-0.25, -0.2) is 4.79 Å². The minimum atomic E-state index is -3.57. The highest BCUT2D eigenvalue weighted by atomic mass is 16.7. The maximum absolute atomic E-state index is 13.8. The van der Waals surface area contributed by atoms with E-state index in [0.29, 0.717) is 5.57 Å². The van der Waals surface area contributed by atoms with Gasteiger partial charge < -0.3 is 40.1 Å². The molecule has 3 aliphatic rings. The van der Waals surface area contributed by atoms with Crippen molar-refractivity contribution >= 4 is 17.5 Å². The Bertz CT molecular complexity index is 1910. The van der Waals surface area contributed by atoms with Gasteiger partial charge in [0.2, 0.25) is 5.78 Å². The zero-order valence-electron chi connectivity index (χ0n) is 37.1. The molecule has 0 spiro atoms. The second-order valence-corrected chi connectivity index (χ2v) is 17.9. The second kappa shape index (κ2) is 21.6. The van der Waals surface area contributed by atoms with E-state index >= 15 is 0 Å². The van der Waals surface area contributed by atoms with E-state index in [4.69, 9.17) is 9.47 Å². The molecule has 0 aromatic rings. The fourth-order valence-electron chi connectivity index (χ4n) is 7.95. The Labute approximate surface area is 356 Å². The quantitative estimate of drug-likeness (QED) is 0.0424. The fourth-order valence-corrected chi connectivity index (χ4v) is 7.95. The molecule has 3 unspecified atom stereocenters. The number of aliphatic hydroxyl groups excluding tert-OH is 5. The van der Waals surface area contributed by atoms with Crippen molar-refractivity contribution in [3.63, 3.8) is 0 Å².